The average molecular weight is 378 g/mol. The van der Waals surface area contributed by atoms with Crippen LogP contribution in [-0.2, 0) is 14.3 Å². The summed E-state index contributed by atoms with van der Waals surface area (Å²) in [7, 11) is 1.29. The van der Waals surface area contributed by atoms with Crippen molar-refractivity contribution in [2.24, 2.45) is 0 Å². The number of H-pyrrole nitrogens is 1. The second-order valence-electron chi connectivity index (χ2n) is 6.72. The highest BCUT2D eigenvalue weighted by atomic mass is 16.5. The van der Waals surface area contributed by atoms with E-state index in [0.29, 0.717) is 16.6 Å². The predicted molar refractivity (Wildman–Crippen MR) is 106 cm³/mol. The molecule has 6 nitrogen and oxygen atoms in total. The number of ketones is 1. The molecule has 2 N–H and O–H groups in total. The molecule has 0 saturated carbocycles. The molecule has 144 valence electrons. The molecule has 0 aliphatic carbocycles. The molecule has 0 radical (unpaired) electrons. The Labute approximate surface area is 162 Å². The molecule has 28 heavy (non-hydrogen) atoms. The molecule has 3 rings (SSSR count). The van der Waals surface area contributed by atoms with Gasteiger partial charge in [0.25, 0.3) is 11.7 Å². The maximum Gasteiger partial charge on any atom is 0.307 e. The minimum Gasteiger partial charge on any atom is -0.469 e. The fourth-order valence-corrected chi connectivity index (χ4v) is 3.21. The molecule has 1 amide bonds. The van der Waals surface area contributed by atoms with Crippen LogP contribution < -0.4 is 5.32 Å². The van der Waals surface area contributed by atoms with E-state index < -0.39 is 23.7 Å². The number of carbonyl (C=O) groups excluding carboxylic acids is 3. The molecule has 1 aromatic heterocycles. The van der Waals surface area contributed by atoms with Crippen LogP contribution in [0.25, 0.3) is 10.9 Å². The van der Waals surface area contributed by atoms with Crippen LogP contribution in [0.2, 0.25) is 0 Å². The lowest BCUT2D eigenvalue weighted by Crippen LogP contribution is -2.35. The van der Waals surface area contributed by atoms with E-state index in [0.717, 1.165) is 16.6 Å². The van der Waals surface area contributed by atoms with Gasteiger partial charge in [0, 0.05) is 16.6 Å². The number of methoxy groups -OCH3 is 1. The minimum absolute atomic E-state index is 0.0640. The van der Waals surface area contributed by atoms with Crippen molar-refractivity contribution in [3.8, 4) is 0 Å². The van der Waals surface area contributed by atoms with Crippen molar-refractivity contribution in [3.05, 3.63) is 70.9 Å². The molecule has 0 fully saturated rings. The van der Waals surface area contributed by atoms with Crippen LogP contribution in [-0.4, -0.2) is 29.8 Å². The number of para-hydroxylation sites is 1. The lowest BCUT2D eigenvalue weighted by Gasteiger charge is -2.18. The van der Waals surface area contributed by atoms with E-state index >= 15 is 0 Å². The van der Waals surface area contributed by atoms with Crippen molar-refractivity contribution in [2.75, 3.05) is 7.11 Å². The van der Waals surface area contributed by atoms with Crippen LogP contribution in [0, 0.1) is 13.8 Å². The highest BCUT2D eigenvalue weighted by Crippen LogP contribution is 2.23. The molecular formula is C22H22N2O4. The van der Waals surface area contributed by atoms with E-state index in [-0.39, 0.29) is 6.42 Å². The normalized spacial score (nSPS) is 11.8. The topological polar surface area (TPSA) is 88.3 Å². The van der Waals surface area contributed by atoms with Crippen LogP contribution >= 0.6 is 0 Å². The first-order chi connectivity index (χ1) is 13.4. The minimum atomic E-state index is -0.762. The summed E-state index contributed by atoms with van der Waals surface area (Å²) < 4.78 is 4.74. The van der Waals surface area contributed by atoms with Gasteiger partial charge in [0.15, 0.2) is 0 Å². The van der Waals surface area contributed by atoms with E-state index in [9.17, 15) is 14.4 Å². The number of rotatable bonds is 6. The Morgan fingerprint density at radius 1 is 1.04 bits per heavy atom. The molecule has 0 bridgehead atoms. The second-order valence-corrected chi connectivity index (χ2v) is 6.72. The number of hydrogen-bond acceptors (Lipinski definition) is 4. The van der Waals surface area contributed by atoms with Gasteiger partial charge in [-0.25, -0.2) is 0 Å². The van der Waals surface area contributed by atoms with Crippen molar-refractivity contribution in [1.82, 2.24) is 10.3 Å². The van der Waals surface area contributed by atoms with Crippen molar-refractivity contribution in [2.45, 2.75) is 26.3 Å². The number of nitrogens with one attached hydrogen (secondary N) is 2. The number of benzene rings is 2. The Balaban J connectivity index is 1.88. The third-order valence-electron chi connectivity index (χ3n) is 4.71. The predicted octanol–water partition coefficient (Wildman–Crippen LogP) is 3.39. The SMILES string of the molecule is COC(=O)C[C@@H](NC(=O)C(=O)c1c(C)[nH]c2ccccc12)c1ccc(C)cc1. The van der Waals surface area contributed by atoms with Crippen LogP contribution in [0.3, 0.4) is 0 Å². The smallest absolute Gasteiger partial charge is 0.307 e. The average Bonchev–Trinajstić information content (AvgIpc) is 3.02. The summed E-state index contributed by atoms with van der Waals surface area (Å²) in [6.07, 6.45) is -0.0640. The second kappa shape index (κ2) is 8.08. The number of aromatic amines is 1. The van der Waals surface area contributed by atoms with Crippen LogP contribution in [0.5, 0.6) is 0 Å². The highest BCUT2D eigenvalue weighted by Gasteiger charge is 2.26. The fourth-order valence-electron chi connectivity index (χ4n) is 3.21. The lowest BCUT2D eigenvalue weighted by atomic mass is 10.0. The zero-order valence-corrected chi connectivity index (χ0v) is 16.0. The van der Waals surface area contributed by atoms with Crippen molar-refractivity contribution in [1.29, 1.82) is 0 Å². The quantitative estimate of drug-likeness (QED) is 0.391. The maximum atomic E-state index is 12.9. The van der Waals surface area contributed by atoms with E-state index in [1.54, 1.807) is 13.0 Å². The first-order valence-corrected chi connectivity index (χ1v) is 8.96. The lowest BCUT2D eigenvalue weighted by molar-refractivity contribution is -0.141. The van der Waals surface area contributed by atoms with Gasteiger partial charge in [-0.05, 0) is 25.5 Å². The van der Waals surface area contributed by atoms with Gasteiger partial charge in [0.05, 0.1) is 25.1 Å². The summed E-state index contributed by atoms with van der Waals surface area (Å²) in [5.74, 6) is -1.87. The molecule has 0 saturated heterocycles. The van der Waals surface area contributed by atoms with E-state index in [1.807, 2.05) is 49.4 Å². The number of fused-ring (bicyclic) bond motifs is 1. The van der Waals surface area contributed by atoms with Gasteiger partial charge in [-0.15, -0.1) is 0 Å². The molecule has 0 aliphatic rings. The number of ether oxygens (including phenoxy) is 1. The summed E-state index contributed by atoms with van der Waals surface area (Å²) in [6.45, 7) is 3.70. The first-order valence-electron chi connectivity index (χ1n) is 8.96. The monoisotopic (exact) mass is 378 g/mol. The van der Waals surface area contributed by atoms with Gasteiger partial charge in [0.1, 0.15) is 0 Å². The molecule has 2 aromatic carbocycles. The summed E-state index contributed by atoms with van der Waals surface area (Å²) in [5, 5.41) is 3.39. The van der Waals surface area contributed by atoms with Gasteiger partial charge in [0.2, 0.25) is 0 Å². The van der Waals surface area contributed by atoms with E-state index in [2.05, 4.69) is 10.3 Å². The largest absolute Gasteiger partial charge is 0.469 e. The number of amides is 1. The third kappa shape index (κ3) is 3.96. The molecule has 0 aliphatic heterocycles. The van der Waals surface area contributed by atoms with Crippen LogP contribution in [0.1, 0.15) is 39.6 Å². The Hall–Kier alpha value is -3.41. The van der Waals surface area contributed by atoms with E-state index in [4.69, 9.17) is 4.74 Å². The zero-order valence-electron chi connectivity index (χ0n) is 16.0. The number of aromatic nitrogens is 1. The molecule has 1 atom stereocenters. The Morgan fingerprint density at radius 3 is 2.39 bits per heavy atom. The van der Waals surface area contributed by atoms with E-state index in [1.165, 1.54) is 7.11 Å². The zero-order chi connectivity index (χ0) is 20.3. The molecule has 1 heterocycles. The summed E-state index contributed by atoms with van der Waals surface area (Å²) in [6, 6.07) is 14.1. The van der Waals surface area contributed by atoms with Gasteiger partial charge in [-0.1, -0.05) is 48.0 Å². The third-order valence-corrected chi connectivity index (χ3v) is 4.71. The maximum absolute atomic E-state index is 12.9. The molecule has 6 heteroatoms. The van der Waals surface area contributed by atoms with Gasteiger partial charge in [-0.3, -0.25) is 14.4 Å². The molecule has 3 aromatic rings. The Bertz CT molecular complexity index is 1030. The van der Waals surface area contributed by atoms with Crippen LogP contribution in [0.4, 0.5) is 0 Å². The molecule has 0 spiro atoms. The number of Topliss-reactive ketones (excluding diaryl/α,β-unsaturated/α-hetero) is 1. The number of aryl methyl sites for hydroxylation is 2. The fraction of sp³-hybridized carbons (Fsp3) is 0.227. The number of hydrogen-bond donors (Lipinski definition) is 2. The van der Waals surface area contributed by atoms with Gasteiger partial charge < -0.3 is 15.0 Å². The number of esters is 1. The molecular weight excluding hydrogens is 356 g/mol. The summed E-state index contributed by atoms with van der Waals surface area (Å²) in [4.78, 5) is 40.5. The summed E-state index contributed by atoms with van der Waals surface area (Å²) >= 11 is 0. The van der Waals surface area contributed by atoms with Gasteiger partial charge in [-0.2, -0.15) is 0 Å². The molecule has 0 unspecified atom stereocenters. The van der Waals surface area contributed by atoms with Crippen molar-refractivity contribution in [3.63, 3.8) is 0 Å². The first kappa shape index (κ1) is 19.4. The van der Waals surface area contributed by atoms with Crippen molar-refractivity contribution < 1.29 is 19.1 Å². The standard InChI is InChI=1S/C22H22N2O4/c1-13-8-10-15(11-9-13)18(12-19(25)28-3)24-22(27)21(26)20-14(2)23-17-7-5-4-6-16(17)20/h4-11,18,23H,12H2,1-3H3,(H,24,27)/t18-/m1/s1. The Morgan fingerprint density at radius 2 is 1.71 bits per heavy atom. The summed E-state index contributed by atoms with van der Waals surface area (Å²) in [5.41, 5.74) is 3.54. The number of carbonyl (C=O) groups is 3. The van der Waals surface area contributed by atoms with Gasteiger partial charge >= 0.3 is 5.97 Å². The van der Waals surface area contributed by atoms with Crippen LogP contribution in [0.15, 0.2) is 48.5 Å². The highest BCUT2D eigenvalue weighted by molar-refractivity contribution is 6.45. The van der Waals surface area contributed by atoms with Crippen molar-refractivity contribution >= 4 is 28.6 Å². The Kier molecular flexibility index (Phi) is 5.59.